The van der Waals surface area contributed by atoms with Crippen LogP contribution in [0.1, 0.15) is 71.1 Å². The van der Waals surface area contributed by atoms with E-state index in [2.05, 4.69) is 6.92 Å². The van der Waals surface area contributed by atoms with Crippen LogP contribution in [-0.4, -0.2) is 9.96 Å². The van der Waals surface area contributed by atoms with Crippen molar-refractivity contribution in [1.82, 2.24) is 0 Å². The Balaban J connectivity index is 1.98. The number of benzene rings is 1. The maximum Gasteiger partial charge on any atom is 0.124 e. The number of rotatable bonds is 12. The first kappa shape index (κ1) is 18.3. The fourth-order valence-corrected chi connectivity index (χ4v) is 3.62. The molecule has 0 saturated heterocycles. The highest BCUT2D eigenvalue weighted by Crippen LogP contribution is 2.13. The van der Waals surface area contributed by atoms with Gasteiger partial charge < -0.3 is 0 Å². The molecule has 120 valence electrons. The molecule has 0 fully saturated rings. The molecule has 0 aromatic heterocycles. The Kier molecular flexibility index (Phi) is 10.4. The lowest BCUT2D eigenvalue weighted by molar-refractivity contribution is 0.562. The molecule has 1 aromatic carbocycles. The smallest absolute Gasteiger partial charge is 0.124 e. The van der Waals surface area contributed by atoms with E-state index in [1.807, 2.05) is 0 Å². The maximum atomic E-state index is 13.0. The normalized spacial score (nSPS) is 12.5. The fraction of sp³-hybridized carbons (Fsp3) is 0.667. The van der Waals surface area contributed by atoms with Crippen molar-refractivity contribution in [2.45, 2.75) is 76.0 Å². The quantitative estimate of drug-likeness (QED) is 0.442. The first-order valence-corrected chi connectivity index (χ1v) is 9.70. The lowest BCUT2D eigenvalue weighted by atomic mass is 10.1. The van der Waals surface area contributed by atoms with E-state index in [1.54, 1.807) is 12.1 Å². The van der Waals surface area contributed by atoms with Crippen molar-refractivity contribution in [3.8, 4) is 0 Å². The third kappa shape index (κ3) is 9.02. The van der Waals surface area contributed by atoms with Crippen LogP contribution in [0.4, 0.5) is 4.39 Å². The molecule has 0 saturated carbocycles. The van der Waals surface area contributed by atoms with E-state index in [4.69, 9.17) is 0 Å². The van der Waals surface area contributed by atoms with Crippen molar-refractivity contribution in [1.29, 1.82) is 0 Å². The highest BCUT2D eigenvalue weighted by molar-refractivity contribution is 7.85. The summed E-state index contributed by atoms with van der Waals surface area (Å²) in [6.45, 7) is 2.24. The predicted molar refractivity (Wildman–Crippen MR) is 89.5 cm³/mol. The molecule has 1 atom stereocenters. The van der Waals surface area contributed by atoms with Gasteiger partial charge in [0.1, 0.15) is 5.82 Å². The van der Waals surface area contributed by atoms with E-state index in [-0.39, 0.29) is 5.82 Å². The van der Waals surface area contributed by atoms with Crippen LogP contribution in [0.15, 0.2) is 29.2 Å². The van der Waals surface area contributed by atoms with Crippen LogP contribution >= 0.6 is 0 Å². The van der Waals surface area contributed by atoms with Crippen molar-refractivity contribution < 1.29 is 8.60 Å². The maximum absolute atomic E-state index is 13.0. The highest BCUT2D eigenvalue weighted by Gasteiger charge is 2.04. The zero-order valence-corrected chi connectivity index (χ0v) is 14.1. The minimum Gasteiger partial charge on any atom is -0.254 e. The van der Waals surface area contributed by atoms with Gasteiger partial charge in [-0.1, -0.05) is 70.8 Å². The summed E-state index contributed by atoms with van der Waals surface area (Å²) in [6, 6.07) is 6.14. The number of hydrogen-bond donors (Lipinski definition) is 0. The van der Waals surface area contributed by atoms with Crippen molar-refractivity contribution in [3.63, 3.8) is 0 Å². The second kappa shape index (κ2) is 11.9. The molecule has 0 aliphatic rings. The van der Waals surface area contributed by atoms with Gasteiger partial charge in [0.05, 0.1) is 10.8 Å². The van der Waals surface area contributed by atoms with Gasteiger partial charge >= 0.3 is 0 Å². The van der Waals surface area contributed by atoms with E-state index in [0.29, 0.717) is 10.6 Å². The van der Waals surface area contributed by atoms with Crippen molar-refractivity contribution in [2.24, 2.45) is 0 Å². The van der Waals surface area contributed by atoms with Crippen molar-refractivity contribution in [2.75, 3.05) is 5.75 Å². The van der Waals surface area contributed by atoms with Crippen molar-refractivity contribution in [3.05, 3.63) is 30.1 Å². The Morgan fingerprint density at radius 2 is 1.48 bits per heavy atom. The van der Waals surface area contributed by atoms with Gasteiger partial charge in [-0.3, -0.25) is 4.21 Å². The Labute approximate surface area is 131 Å². The van der Waals surface area contributed by atoms with Gasteiger partial charge in [0, 0.05) is 10.6 Å². The van der Waals surface area contributed by atoms with Gasteiger partial charge in [-0.15, -0.1) is 0 Å². The average Bonchev–Trinajstić information content (AvgIpc) is 2.49. The first-order valence-electron chi connectivity index (χ1n) is 8.38. The molecule has 21 heavy (non-hydrogen) atoms. The molecule has 0 spiro atoms. The lowest BCUT2D eigenvalue weighted by Crippen LogP contribution is -1.98. The van der Waals surface area contributed by atoms with Gasteiger partial charge in [-0.2, -0.15) is 0 Å². The summed E-state index contributed by atoms with van der Waals surface area (Å²) in [5.41, 5.74) is 0. The van der Waals surface area contributed by atoms with Gasteiger partial charge in [0.15, 0.2) is 0 Å². The number of hydrogen-bond acceptors (Lipinski definition) is 1. The van der Waals surface area contributed by atoms with E-state index < -0.39 is 10.8 Å². The van der Waals surface area contributed by atoms with Crippen molar-refractivity contribution >= 4 is 10.8 Å². The zero-order valence-electron chi connectivity index (χ0n) is 13.3. The second-order valence-electron chi connectivity index (χ2n) is 5.69. The van der Waals surface area contributed by atoms with Crippen LogP contribution < -0.4 is 0 Å². The second-order valence-corrected chi connectivity index (χ2v) is 7.26. The van der Waals surface area contributed by atoms with Gasteiger partial charge in [0.25, 0.3) is 0 Å². The Bertz CT molecular complexity index is 406. The lowest BCUT2D eigenvalue weighted by Gasteiger charge is -2.03. The van der Waals surface area contributed by atoms with Crippen LogP contribution in [-0.2, 0) is 10.8 Å². The summed E-state index contributed by atoms with van der Waals surface area (Å²) < 4.78 is 25.0. The summed E-state index contributed by atoms with van der Waals surface area (Å²) >= 11 is 0. The summed E-state index contributed by atoms with van der Waals surface area (Å²) in [5.74, 6) is 0.351. The summed E-state index contributed by atoms with van der Waals surface area (Å²) in [7, 11) is -1.05. The Morgan fingerprint density at radius 3 is 2.05 bits per heavy atom. The summed E-state index contributed by atoms with van der Waals surface area (Å²) in [4.78, 5) is 0.617. The van der Waals surface area contributed by atoms with E-state index in [0.717, 1.165) is 12.8 Å². The largest absolute Gasteiger partial charge is 0.254 e. The molecule has 0 N–H and O–H groups in total. The number of unbranched alkanes of at least 4 members (excludes halogenated alkanes) is 9. The third-order valence-corrected chi connectivity index (χ3v) is 5.18. The molecular weight excluding hydrogens is 283 g/mol. The molecule has 0 amide bonds. The molecule has 1 nitrogen and oxygen atoms in total. The molecule has 1 unspecified atom stereocenters. The monoisotopic (exact) mass is 312 g/mol. The van der Waals surface area contributed by atoms with Crippen LogP contribution in [0.25, 0.3) is 0 Å². The zero-order chi connectivity index (χ0) is 15.3. The topological polar surface area (TPSA) is 17.1 Å². The van der Waals surface area contributed by atoms with Crippen LogP contribution in [0.3, 0.4) is 0 Å². The standard InChI is InChI=1S/C18H29FOS/c1-2-3-4-5-6-7-8-9-10-11-15-21(20)18-14-12-13-17(19)16-18/h12-14,16H,2-11,15H2,1H3. The predicted octanol–water partition coefficient (Wildman–Crippen LogP) is 5.85. The van der Waals surface area contributed by atoms with Gasteiger partial charge in [0.2, 0.25) is 0 Å². The summed E-state index contributed by atoms with van der Waals surface area (Å²) in [6.07, 6.45) is 12.7. The molecule has 1 rings (SSSR count). The summed E-state index contributed by atoms with van der Waals surface area (Å²) in [5, 5.41) is 0. The Hall–Kier alpha value is -0.700. The molecule has 0 aliphatic carbocycles. The molecule has 0 aliphatic heterocycles. The van der Waals surface area contributed by atoms with E-state index in [1.165, 1.54) is 63.5 Å². The van der Waals surface area contributed by atoms with Gasteiger partial charge in [-0.25, -0.2) is 4.39 Å². The minimum atomic E-state index is -1.05. The highest BCUT2D eigenvalue weighted by atomic mass is 32.2. The van der Waals surface area contributed by atoms with Crippen LogP contribution in [0.2, 0.25) is 0 Å². The molecular formula is C18H29FOS. The molecule has 0 heterocycles. The number of halogens is 1. The average molecular weight is 312 g/mol. The fourth-order valence-electron chi connectivity index (χ4n) is 2.45. The molecule has 1 aromatic rings. The molecule has 0 bridgehead atoms. The van der Waals surface area contributed by atoms with E-state index >= 15 is 0 Å². The minimum absolute atomic E-state index is 0.302. The molecule has 3 heteroatoms. The first-order chi connectivity index (χ1) is 10.2. The van der Waals surface area contributed by atoms with Gasteiger partial charge in [-0.05, 0) is 24.6 Å². The van der Waals surface area contributed by atoms with E-state index in [9.17, 15) is 8.60 Å². The van der Waals surface area contributed by atoms with Crippen LogP contribution in [0.5, 0.6) is 0 Å². The molecule has 0 radical (unpaired) electrons. The SMILES string of the molecule is CCCCCCCCCCCCS(=O)c1cccc(F)c1. The van der Waals surface area contributed by atoms with Crippen LogP contribution in [0, 0.1) is 5.82 Å². The third-order valence-electron chi connectivity index (χ3n) is 3.74. The Morgan fingerprint density at radius 1 is 0.905 bits per heavy atom.